The van der Waals surface area contributed by atoms with E-state index in [4.69, 9.17) is 18.0 Å². The molecule has 0 radical (unpaired) electrons. The summed E-state index contributed by atoms with van der Waals surface area (Å²) < 4.78 is 0. The third-order valence-corrected chi connectivity index (χ3v) is 2.74. The Kier molecular flexibility index (Phi) is 4.64. The lowest BCUT2D eigenvalue weighted by atomic mass is 10.3. The number of amides is 1. The molecule has 0 saturated carbocycles. The lowest BCUT2D eigenvalue weighted by Gasteiger charge is -2.19. The quantitative estimate of drug-likeness (QED) is 0.791. The second kappa shape index (κ2) is 5.77. The maximum Gasteiger partial charge on any atom is 0.273 e. The van der Waals surface area contributed by atoms with Crippen LogP contribution < -0.4 is 5.73 Å². The third kappa shape index (κ3) is 3.56. The molecule has 1 amide bonds. The molecule has 1 rings (SSSR count). The zero-order chi connectivity index (χ0) is 11.3. The topological polar surface area (TPSA) is 59.2 Å². The lowest BCUT2D eigenvalue weighted by molar-refractivity contribution is 0.0764. The molecule has 6 heteroatoms. The second-order valence-electron chi connectivity index (χ2n) is 2.97. The minimum atomic E-state index is -0.0602. The molecular formula is C9H13N3OS2. The minimum Gasteiger partial charge on any atom is -0.393 e. The molecule has 0 aliphatic rings. The van der Waals surface area contributed by atoms with Crippen molar-refractivity contribution in [3.05, 3.63) is 16.6 Å². The minimum absolute atomic E-state index is 0.0602. The van der Waals surface area contributed by atoms with E-state index >= 15 is 0 Å². The lowest BCUT2D eigenvalue weighted by Crippen LogP contribution is -2.33. The van der Waals surface area contributed by atoms with Gasteiger partial charge in [0.15, 0.2) is 0 Å². The van der Waals surface area contributed by atoms with Gasteiger partial charge in [-0.2, -0.15) is 0 Å². The van der Waals surface area contributed by atoms with Crippen LogP contribution in [0.4, 0.5) is 0 Å². The van der Waals surface area contributed by atoms with Crippen molar-refractivity contribution in [2.24, 2.45) is 5.73 Å². The van der Waals surface area contributed by atoms with Crippen molar-refractivity contribution in [3.8, 4) is 0 Å². The van der Waals surface area contributed by atoms with Gasteiger partial charge in [-0.25, -0.2) is 4.98 Å². The van der Waals surface area contributed by atoms with E-state index in [-0.39, 0.29) is 5.91 Å². The molecule has 0 unspecified atom stereocenters. The van der Waals surface area contributed by atoms with Gasteiger partial charge in [0.1, 0.15) is 5.69 Å². The van der Waals surface area contributed by atoms with Crippen LogP contribution in [0.3, 0.4) is 0 Å². The van der Waals surface area contributed by atoms with Gasteiger partial charge < -0.3 is 10.6 Å². The second-order valence-corrected chi connectivity index (χ2v) is 4.22. The van der Waals surface area contributed by atoms with Gasteiger partial charge in [0.25, 0.3) is 5.91 Å². The van der Waals surface area contributed by atoms with Gasteiger partial charge in [0, 0.05) is 24.9 Å². The molecule has 0 aliphatic heterocycles. The van der Waals surface area contributed by atoms with Crippen LogP contribution in [-0.4, -0.2) is 33.9 Å². The summed E-state index contributed by atoms with van der Waals surface area (Å²) in [6.45, 7) is 3.12. The Bertz CT molecular complexity index is 337. The monoisotopic (exact) mass is 243 g/mol. The van der Waals surface area contributed by atoms with E-state index in [1.54, 1.807) is 15.8 Å². The first-order valence-electron chi connectivity index (χ1n) is 4.61. The molecule has 0 fully saturated rings. The molecule has 82 valence electrons. The number of carbonyl (C=O) groups excluding carboxylic acids is 1. The maximum absolute atomic E-state index is 11.8. The Morgan fingerprint density at radius 2 is 2.47 bits per heavy atom. The van der Waals surface area contributed by atoms with E-state index in [1.165, 1.54) is 11.3 Å². The number of hydrogen-bond donors (Lipinski definition) is 1. The summed E-state index contributed by atoms with van der Waals surface area (Å²) in [5.41, 5.74) is 7.53. The molecule has 0 bridgehead atoms. The molecule has 1 heterocycles. The van der Waals surface area contributed by atoms with Crippen LogP contribution in [-0.2, 0) is 0 Å². The van der Waals surface area contributed by atoms with Gasteiger partial charge in [-0.15, -0.1) is 11.3 Å². The Morgan fingerprint density at radius 1 is 1.73 bits per heavy atom. The number of nitrogens with two attached hydrogens (primary N) is 1. The smallest absolute Gasteiger partial charge is 0.273 e. The van der Waals surface area contributed by atoms with E-state index in [0.29, 0.717) is 30.2 Å². The summed E-state index contributed by atoms with van der Waals surface area (Å²) >= 11 is 6.19. The predicted molar refractivity (Wildman–Crippen MR) is 65.1 cm³/mol. The van der Waals surface area contributed by atoms with Crippen LogP contribution in [0, 0.1) is 0 Å². The molecule has 0 aromatic carbocycles. The van der Waals surface area contributed by atoms with Crippen molar-refractivity contribution in [1.29, 1.82) is 0 Å². The zero-order valence-electron chi connectivity index (χ0n) is 8.47. The average Bonchev–Trinajstić information content (AvgIpc) is 2.70. The number of thiazole rings is 1. The number of nitrogens with zero attached hydrogens (tertiary/aromatic N) is 2. The molecule has 0 aliphatic carbocycles. The van der Waals surface area contributed by atoms with Crippen molar-refractivity contribution in [2.45, 2.75) is 13.3 Å². The fraction of sp³-hybridized carbons (Fsp3) is 0.444. The van der Waals surface area contributed by atoms with Crippen LogP contribution in [0.15, 0.2) is 10.9 Å². The first-order valence-corrected chi connectivity index (χ1v) is 5.96. The highest BCUT2D eigenvalue weighted by Gasteiger charge is 2.15. The summed E-state index contributed by atoms with van der Waals surface area (Å²) in [5, 5.41) is 1.74. The highest BCUT2D eigenvalue weighted by atomic mass is 32.1. The van der Waals surface area contributed by atoms with Crippen LogP contribution >= 0.6 is 23.6 Å². The molecule has 15 heavy (non-hydrogen) atoms. The van der Waals surface area contributed by atoms with E-state index in [0.717, 1.165) is 0 Å². The van der Waals surface area contributed by atoms with Gasteiger partial charge in [-0.1, -0.05) is 12.2 Å². The number of thiocarbonyl (C=S) groups is 1. The van der Waals surface area contributed by atoms with E-state index in [2.05, 4.69) is 4.98 Å². The van der Waals surface area contributed by atoms with E-state index in [1.807, 2.05) is 6.92 Å². The molecule has 0 atom stereocenters. The van der Waals surface area contributed by atoms with Gasteiger partial charge in [-0.3, -0.25) is 4.79 Å². The number of rotatable bonds is 5. The standard InChI is InChI=1S/C9H13N3OS2/c1-2-12(4-3-8(10)14)9(13)7-5-15-6-11-7/h5-6H,2-4H2,1H3,(H2,10,14). The third-order valence-electron chi connectivity index (χ3n) is 1.95. The first kappa shape index (κ1) is 12.1. The predicted octanol–water partition coefficient (Wildman–Crippen LogP) is 1.28. The van der Waals surface area contributed by atoms with Crippen LogP contribution in [0.1, 0.15) is 23.8 Å². The summed E-state index contributed by atoms with van der Waals surface area (Å²) in [4.78, 5) is 17.9. The van der Waals surface area contributed by atoms with Crippen LogP contribution in [0.5, 0.6) is 0 Å². The Balaban J connectivity index is 2.59. The van der Waals surface area contributed by atoms with Gasteiger partial charge in [0.05, 0.1) is 10.5 Å². The SMILES string of the molecule is CCN(CCC(N)=S)C(=O)c1cscn1. The largest absolute Gasteiger partial charge is 0.393 e. The van der Waals surface area contributed by atoms with E-state index < -0.39 is 0 Å². The van der Waals surface area contributed by atoms with Crippen molar-refractivity contribution in [3.63, 3.8) is 0 Å². The number of hydrogen-bond acceptors (Lipinski definition) is 4. The Labute approximate surface area is 98.1 Å². The fourth-order valence-corrected chi connectivity index (χ4v) is 1.75. The normalized spacial score (nSPS) is 9.93. The average molecular weight is 243 g/mol. The summed E-state index contributed by atoms with van der Waals surface area (Å²) in [6, 6.07) is 0. The fourth-order valence-electron chi connectivity index (χ4n) is 1.13. The van der Waals surface area contributed by atoms with Crippen LogP contribution in [0.25, 0.3) is 0 Å². The van der Waals surface area contributed by atoms with Gasteiger partial charge in [-0.05, 0) is 6.92 Å². The summed E-state index contributed by atoms with van der Waals surface area (Å²) in [6.07, 6.45) is 0.555. The van der Waals surface area contributed by atoms with Crippen molar-refractivity contribution >= 4 is 34.5 Å². The molecule has 0 spiro atoms. The highest BCUT2D eigenvalue weighted by Crippen LogP contribution is 2.06. The molecule has 1 aromatic rings. The highest BCUT2D eigenvalue weighted by molar-refractivity contribution is 7.80. The van der Waals surface area contributed by atoms with Crippen LogP contribution in [0.2, 0.25) is 0 Å². The molecule has 2 N–H and O–H groups in total. The molecule has 4 nitrogen and oxygen atoms in total. The number of aromatic nitrogens is 1. The molecular weight excluding hydrogens is 230 g/mol. The van der Waals surface area contributed by atoms with Crippen molar-refractivity contribution < 1.29 is 4.79 Å². The van der Waals surface area contributed by atoms with Crippen molar-refractivity contribution in [1.82, 2.24) is 9.88 Å². The Hall–Kier alpha value is -1.01. The zero-order valence-corrected chi connectivity index (χ0v) is 10.1. The molecule has 1 aromatic heterocycles. The summed E-state index contributed by atoms with van der Waals surface area (Å²) in [7, 11) is 0. The summed E-state index contributed by atoms with van der Waals surface area (Å²) in [5.74, 6) is -0.0602. The first-order chi connectivity index (χ1) is 7.15. The maximum atomic E-state index is 11.8. The molecule has 0 saturated heterocycles. The van der Waals surface area contributed by atoms with Gasteiger partial charge >= 0.3 is 0 Å². The van der Waals surface area contributed by atoms with E-state index in [9.17, 15) is 4.79 Å². The van der Waals surface area contributed by atoms with Gasteiger partial charge in [0.2, 0.25) is 0 Å². The van der Waals surface area contributed by atoms with Crippen molar-refractivity contribution in [2.75, 3.05) is 13.1 Å². The Morgan fingerprint density at radius 3 is 2.93 bits per heavy atom. The number of carbonyl (C=O) groups is 1.